The van der Waals surface area contributed by atoms with E-state index in [0.29, 0.717) is 0 Å². The summed E-state index contributed by atoms with van der Waals surface area (Å²) in [6.07, 6.45) is 1.11. The van der Waals surface area contributed by atoms with Crippen molar-refractivity contribution >= 4 is 0 Å². The van der Waals surface area contributed by atoms with Crippen LogP contribution >= 0.6 is 0 Å². The summed E-state index contributed by atoms with van der Waals surface area (Å²) in [6, 6.07) is 7.43. The smallest absolute Gasteiger partial charge is 0.323 e. The van der Waals surface area contributed by atoms with Gasteiger partial charge in [0.1, 0.15) is 0 Å². The standard InChI is InChI=1S/C11H12N2O2/c1-7(14)8-3-2-4-9(5-8)10-6-12-11(15)13-10/h2-7,14H,1H3,(H2,12,13,15). The molecule has 1 aromatic carbocycles. The molecule has 0 amide bonds. The molecule has 4 nitrogen and oxygen atoms in total. The fraction of sp³-hybridized carbons (Fsp3) is 0.182. The SMILES string of the molecule is CC(O)c1cccc(-c2c[nH]c(=O)[nH]2)c1. The monoisotopic (exact) mass is 204 g/mol. The van der Waals surface area contributed by atoms with Crippen molar-refractivity contribution in [3.63, 3.8) is 0 Å². The maximum Gasteiger partial charge on any atom is 0.323 e. The van der Waals surface area contributed by atoms with Gasteiger partial charge in [0.2, 0.25) is 0 Å². The summed E-state index contributed by atoms with van der Waals surface area (Å²) in [6.45, 7) is 1.71. The molecule has 78 valence electrons. The number of benzene rings is 1. The van der Waals surface area contributed by atoms with Crippen LogP contribution in [0.2, 0.25) is 0 Å². The van der Waals surface area contributed by atoms with E-state index in [1.165, 1.54) is 0 Å². The Morgan fingerprint density at radius 1 is 1.40 bits per heavy atom. The zero-order chi connectivity index (χ0) is 10.8. The summed E-state index contributed by atoms with van der Waals surface area (Å²) in [5.41, 5.74) is 2.20. The first kappa shape index (κ1) is 9.73. The second-order valence-electron chi connectivity index (χ2n) is 3.46. The number of rotatable bonds is 2. The van der Waals surface area contributed by atoms with Crippen LogP contribution < -0.4 is 5.69 Å². The third-order valence-electron chi connectivity index (χ3n) is 2.28. The average Bonchev–Trinajstić information content (AvgIpc) is 2.65. The third kappa shape index (κ3) is 1.99. The molecule has 15 heavy (non-hydrogen) atoms. The van der Waals surface area contributed by atoms with Crippen LogP contribution in [0.4, 0.5) is 0 Å². The summed E-state index contributed by atoms with van der Waals surface area (Å²) in [7, 11) is 0. The molecule has 1 atom stereocenters. The molecule has 3 N–H and O–H groups in total. The Hall–Kier alpha value is -1.81. The maximum atomic E-state index is 10.9. The van der Waals surface area contributed by atoms with Crippen LogP contribution in [0.1, 0.15) is 18.6 Å². The van der Waals surface area contributed by atoms with Crippen molar-refractivity contribution < 1.29 is 5.11 Å². The third-order valence-corrected chi connectivity index (χ3v) is 2.28. The zero-order valence-corrected chi connectivity index (χ0v) is 8.32. The number of H-pyrrole nitrogens is 2. The number of nitrogens with one attached hydrogen (secondary N) is 2. The van der Waals surface area contributed by atoms with Crippen molar-refractivity contribution in [1.82, 2.24) is 9.97 Å². The van der Waals surface area contributed by atoms with E-state index in [0.717, 1.165) is 16.8 Å². The Morgan fingerprint density at radius 2 is 2.20 bits per heavy atom. The first-order valence-electron chi connectivity index (χ1n) is 4.73. The molecule has 1 heterocycles. The molecule has 0 spiro atoms. The first-order chi connectivity index (χ1) is 7.16. The fourth-order valence-electron chi connectivity index (χ4n) is 1.45. The van der Waals surface area contributed by atoms with E-state index in [1.54, 1.807) is 13.1 Å². The topological polar surface area (TPSA) is 68.9 Å². The number of aliphatic hydroxyl groups is 1. The summed E-state index contributed by atoms with van der Waals surface area (Å²) in [4.78, 5) is 16.1. The maximum absolute atomic E-state index is 10.9. The van der Waals surface area contributed by atoms with Crippen molar-refractivity contribution in [3.05, 3.63) is 46.5 Å². The molecule has 0 fully saturated rings. The Kier molecular flexibility index (Phi) is 2.43. The van der Waals surface area contributed by atoms with Gasteiger partial charge in [-0.2, -0.15) is 0 Å². The summed E-state index contributed by atoms with van der Waals surface area (Å²) in [5.74, 6) is 0. The minimum Gasteiger partial charge on any atom is -0.389 e. The highest BCUT2D eigenvalue weighted by atomic mass is 16.3. The Balaban J connectivity index is 2.45. The lowest BCUT2D eigenvalue weighted by Gasteiger charge is -2.05. The van der Waals surface area contributed by atoms with Crippen molar-refractivity contribution in [3.8, 4) is 11.3 Å². The molecule has 1 aromatic heterocycles. The number of hydrogen-bond acceptors (Lipinski definition) is 2. The van der Waals surface area contributed by atoms with Gasteiger partial charge in [0.25, 0.3) is 0 Å². The highest BCUT2D eigenvalue weighted by molar-refractivity contribution is 5.59. The molecule has 0 aliphatic heterocycles. The van der Waals surface area contributed by atoms with Gasteiger partial charge in [0.05, 0.1) is 11.8 Å². The highest BCUT2D eigenvalue weighted by Gasteiger charge is 2.04. The Morgan fingerprint density at radius 3 is 2.80 bits per heavy atom. The largest absolute Gasteiger partial charge is 0.389 e. The van der Waals surface area contributed by atoms with Gasteiger partial charge in [-0.05, 0) is 24.1 Å². The number of aromatic nitrogens is 2. The molecule has 2 rings (SSSR count). The van der Waals surface area contributed by atoms with E-state index in [-0.39, 0.29) is 5.69 Å². The first-order valence-corrected chi connectivity index (χ1v) is 4.73. The Bertz CT molecular complexity index is 511. The molecule has 0 aliphatic carbocycles. The molecule has 4 heteroatoms. The lowest BCUT2D eigenvalue weighted by Crippen LogP contribution is -2.00. The van der Waals surface area contributed by atoms with Crippen LogP contribution in [0.25, 0.3) is 11.3 Å². The zero-order valence-electron chi connectivity index (χ0n) is 8.32. The number of imidazole rings is 1. The second kappa shape index (κ2) is 3.74. The van der Waals surface area contributed by atoms with Crippen molar-refractivity contribution in [2.45, 2.75) is 13.0 Å². The van der Waals surface area contributed by atoms with Gasteiger partial charge in [-0.15, -0.1) is 0 Å². The van der Waals surface area contributed by atoms with E-state index < -0.39 is 6.10 Å². The lowest BCUT2D eigenvalue weighted by atomic mass is 10.1. The highest BCUT2D eigenvalue weighted by Crippen LogP contribution is 2.20. The Labute approximate surface area is 86.6 Å². The predicted octanol–water partition coefficient (Wildman–Crippen LogP) is 1.42. The fourth-order valence-corrected chi connectivity index (χ4v) is 1.45. The van der Waals surface area contributed by atoms with E-state index in [1.807, 2.05) is 24.3 Å². The molecule has 0 saturated heterocycles. The molecule has 0 bridgehead atoms. The van der Waals surface area contributed by atoms with E-state index in [4.69, 9.17) is 0 Å². The molecule has 1 unspecified atom stereocenters. The molecule has 0 saturated carbocycles. The van der Waals surface area contributed by atoms with Gasteiger partial charge >= 0.3 is 5.69 Å². The summed E-state index contributed by atoms with van der Waals surface area (Å²) < 4.78 is 0. The van der Waals surface area contributed by atoms with Gasteiger partial charge < -0.3 is 15.1 Å². The van der Waals surface area contributed by atoms with Crippen LogP contribution in [0.5, 0.6) is 0 Å². The molecular weight excluding hydrogens is 192 g/mol. The number of hydrogen-bond donors (Lipinski definition) is 3. The van der Waals surface area contributed by atoms with Crippen molar-refractivity contribution in [2.75, 3.05) is 0 Å². The van der Waals surface area contributed by atoms with Crippen LogP contribution in [-0.4, -0.2) is 15.1 Å². The molecule has 0 radical (unpaired) electrons. The molecule has 0 aliphatic rings. The van der Waals surface area contributed by atoms with Crippen LogP contribution in [0.15, 0.2) is 35.3 Å². The molecule has 2 aromatic rings. The number of aromatic amines is 2. The van der Waals surface area contributed by atoms with Gasteiger partial charge in [0.15, 0.2) is 0 Å². The summed E-state index contributed by atoms with van der Waals surface area (Å²) in [5, 5.41) is 9.42. The van der Waals surface area contributed by atoms with E-state index in [2.05, 4.69) is 9.97 Å². The van der Waals surface area contributed by atoms with Crippen molar-refractivity contribution in [2.24, 2.45) is 0 Å². The van der Waals surface area contributed by atoms with E-state index >= 15 is 0 Å². The van der Waals surface area contributed by atoms with Gasteiger partial charge in [0, 0.05) is 6.20 Å². The van der Waals surface area contributed by atoms with Gasteiger partial charge in [-0.1, -0.05) is 18.2 Å². The normalized spacial score (nSPS) is 12.7. The van der Waals surface area contributed by atoms with E-state index in [9.17, 15) is 9.90 Å². The quantitative estimate of drug-likeness (QED) is 0.692. The second-order valence-corrected chi connectivity index (χ2v) is 3.46. The minimum atomic E-state index is -0.504. The van der Waals surface area contributed by atoms with Gasteiger partial charge in [-0.25, -0.2) is 4.79 Å². The van der Waals surface area contributed by atoms with Crippen molar-refractivity contribution in [1.29, 1.82) is 0 Å². The van der Waals surface area contributed by atoms with Crippen LogP contribution in [0, 0.1) is 0 Å². The molecular formula is C11H12N2O2. The predicted molar refractivity (Wildman–Crippen MR) is 57.5 cm³/mol. The minimum absolute atomic E-state index is 0.229. The lowest BCUT2D eigenvalue weighted by molar-refractivity contribution is 0.199. The average molecular weight is 204 g/mol. The number of aliphatic hydroxyl groups excluding tert-OH is 1. The summed E-state index contributed by atoms with van der Waals surface area (Å²) >= 11 is 0. The van der Waals surface area contributed by atoms with Crippen LogP contribution in [-0.2, 0) is 0 Å². The van der Waals surface area contributed by atoms with Crippen LogP contribution in [0.3, 0.4) is 0 Å². The van der Waals surface area contributed by atoms with Gasteiger partial charge in [-0.3, -0.25) is 0 Å².